The third-order valence-electron chi connectivity index (χ3n) is 2.68. The van der Waals surface area contributed by atoms with Crippen LogP contribution < -0.4 is 0 Å². The molecule has 0 N–H and O–H groups in total. The van der Waals surface area contributed by atoms with Gasteiger partial charge in [-0.15, -0.1) is 0 Å². The smallest absolute Gasteiger partial charge is 0.237 e. The number of rotatable bonds is 1. The van der Waals surface area contributed by atoms with Gasteiger partial charge >= 0.3 is 0 Å². The zero-order chi connectivity index (χ0) is 11.3. The predicted molar refractivity (Wildman–Crippen MR) is 61.4 cm³/mol. The third-order valence-corrected chi connectivity index (χ3v) is 4.93. The SMILES string of the molecule is O=S1(=O)c2ccccc2N=C(Cl)N1C1CC1. The summed E-state index contributed by atoms with van der Waals surface area (Å²) in [5, 5.41) is 0.0567. The van der Waals surface area contributed by atoms with Crippen molar-refractivity contribution in [3.63, 3.8) is 0 Å². The number of fused-ring (bicyclic) bond motifs is 1. The minimum Gasteiger partial charge on any atom is -0.237 e. The fourth-order valence-corrected chi connectivity index (χ4v) is 3.96. The van der Waals surface area contributed by atoms with Crippen molar-refractivity contribution in [2.24, 2.45) is 4.99 Å². The number of aliphatic imine (C=N–C) groups is 1. The molecule has 2 aliphatic rings. The lowest BCUT2D eigenvalue weighted by atomic mass is 10.3. The van der Waals surface area contributed by atoms with E-state index in [1.165, 1.54) is 4.31 Å². The van der Waals surface area contributed by atoms with Gasteiger partial charge in [-0.2, -0.15) is 0 Å². The molecule has 1 heterocycles. The van der Waals surface area contributed by atoms with Gasteiger partial charge in [-0.05, 0) is 36.6 Å². The molecule has 84 valence electrons. The van der Waals surface area contributed by atoms with E-state index in [2.05, 4.69) is 4.99 Å². The summed E-state index contributed by atoms with van der Waals surface area (Å²) in [4.78, 5) is 4.35. The van der Waals surface area contributed by atoms with Crippen molar-refractivity contribution in [2.45, 2.75) is 23.8 Å². The second-order valence-corrected chi connectivity index (χ2v) is 6.00. The highest BCUT2D eigenvalue weighted by Crippen LogP contribution is 2.39. The normalized spacial score (nSPS) is 22.6. The molecule has 0 amide bonds. The molecule has 1 fully saturated rings. The molecule has 3 rings (SSSR count). The van der Waals surface area contributed by atoms with Crippen LogP contribution in [0.25, 0.3) is 0 Å². The Labute approximate surface area is 98.6 Å². The van der Waals surface area contributed by atoms with E-state index in [4.69, 9.17) is 11.6 Å². The number of para-hydroxylation sites is 1. The summed E-state index contributed by atoms with van der Waals surface area (Å²) in [7, 11) is -3.50. The van der Waals surface area contributed by atoms with Crippen LogP contribution in [0.2, 0.25) is 0 Å². The summed E-state index contributed by atoms with van der Waals surface area (Å²) >= 11 is 5.93. The Bertz CT molecular complexity index is 578. The van der Waals surface area contributed by atoms with Gasteiger partial charge < -0.3 is 0 Å². The molecule has 0 saturated heterocycles. The second kappa shape index (κ2) is 3.21. The predicted octanol–water partition coefficient (Wildman–Crippen LogP) is 2.08. The van der Waals surface area contributed by atoms with Gasteiger partial charge in [0.15, 0.2) is 0 Å². The van der Waals surface area contributed by atoms with Crippen LogP contribution in [0.5, 0.6) is 0 Å². The lowest BCUT2D eigenvalue weighted by Crippen LogP contribution is -2.38. The van der Waals surface area contributed by atoms with Crippen LogP contribution in [0.3, 0.4) is 0 Å². The Morgan fingerprint density at radius 2 is 2.00 bits per heavy atom. The molecule has 0 aromatic heterocycles. The molecule has 1 aliphatic carbocycles. The highest BCUT2D eigenvalue weighted by molar-refractivity contribution is 7.90. The Balaban J connectivity index is 2.24. The highest BCUT2D eigenvalue weighted by atomic mass is 35.5. The maximum atomic E-state index is 12.3. The van der Waals surface area contributed by atoms with E-state index in [0.717, 1.165) is 12.8 Å². The van der Waals surface area contributed by atoms with Crippen LogP contribution in [0.4, 0.5) is 5.69 Å². The van der Waals surface area contributed by atoms with Crippen LogP contribution in [0.1, 0.15) is 12.8 Å². The maximum Gasteiger partial charge on any atom is 0.268 e. The van der Waals surface area contributed by atoms with E-state index in [0.29, 0.717) is 5.69 Å². The first-order chi connectivity index (χ1) is 7.60. The summed E-state index contributed by atoms with van der Waals surface area (Å²) in [6.07, 6.45) is 1.71. The topological polar surface area (TPSA) is 49.7 Å². The zero-order valence-corrected chi connectivity index (χ0v) is 9.87. The van der Waals surface area contributed by atoms with Crippen molar-refractivity contribution in [2.75, 3.05) is 0 Å². The van der Waals surface area contributed by atoms with Gasteiger partial charge in [-0.25, -0.2) is 17.7 Å². The first-order valence-corrected chi connectivity index (χ1v) is 6.80. The van der Waals surface area contributed by atoms with Gasteiger partial charge in [0, 0.05) is 6.04 Å². The number of hydrogen-bond donors (Lipinski definition) is 0. The van der Waals surface area contributed by atoms with Crippen molar-refractivity contribution in [1.82, 2.24) is 4.31 Å². The molecule has 4 nitrogen and oxygen atoms in total. The fourth-order valence-electron chi connectivity index (χ4n) is 1.78. The number of hydrogen-bond acceptors (Lipinski definition) is 3. The second-order valence-electron chi connectivity index (χ2n) is 3.88. The molecule has 0 atom stereocenters. The molecule has 0 radical (unpaired) electrons. The summed E-state index contributed by atoms with van der Waals surface area (Å²) in [5.41, 5.74) is 0.421. The lowest BCUT2D eigenvalue weighted by Gasteiger charge is -2.26. The summed E-state index contributed by atoms with van der Waals surface area (Å²) in [6, 6.07) is 6.65. The van der Waals surface area contributed by atoms with Gasteiger partial charge in [-0.1, -0.05) is 12.1 Å². The molecule has 1 saturated carbocycles. The molecule has 0 bridgehead atoms. The molecule has 1 aromatic carbocycles. The molecule has 0 spiro atoms. The quantitative estimate of drug-likeness (QED) is 0.723. The van der Waals surface area contributed by atoms with E-state index in [9.17, 15) is 8.42 Å². The van der Waals surface area contributed by atoms with E-state index >= 15 is 0 Å². The van der Waals surface area contributed by atoms with E-state index in [-0.39, 0.29) is 16.2 Å². The van der Waals surface area contributed by atoms with Gasteiger partial charge in [0.05, 0.1) is 5.69 Å². The first kappa shape index (κ1) is 10.1. The van der Waals surface area contributed by atoms with Crippen molar-refractivity contribution in [1.29, 1.82) is 0 Å². The highest BCUT2D eigenvalue weighted by Gasteiger charge is 2.42. The Hall–Kier alpha value is -1.07. The van der Waals surface area contributed by atoms with Crippen LogP contribution in [-0.4, -0.2) is 24.1 Å². The largest absolute Gasteiger partial charge is 0.268 e. The summed E-state index contributed by atoms with van der Waals surface area (Å²) in [6.45, 7) is 0. The number of sulfonamides is 1. The van der Waals surface area contributed by atoms with Crippen molar-refractivity contribution < 1.29 is 8.42 Å². The maximum absolute atomic E-state index is 12.3. The number of nitrogens with zero attached hydrogens (tertiary/aromatic N) is 2. The number of halogens is 1. The van der Waals surface area contributed by atoms with Gasteiger partial charge in [0.2, 0.25) is 5.29 Å². The Kier molecular flexibility index (Phi) is 2.03. The molecular weight excluding hydrogens is 248 g/mol. The van der Waals surface area contributed by atoms with Crippen LogP contribution in [-0.2, 0) is 10.0 Å². The molecule has 1 aromatic rings. The molecule has 6 heteroatoms. The van der Waals surface area contributed by atoms with E-state index in [1.807, 2.05) is 0 Å². The minimum absolute atomic E-state index is 0.00499. The van der Waals surface area contributed by atoms with E-state index in [1.54, 1.807) is 24.3 Å². The van der Waals surface area contributed by atoms with Crippen molar-refractivity contribution in [3.05, 3.63) is 24.3 Å². The minimum atomic E-state index is -3.50. The average molecular weight is 257 g/mol. The summed E-state index contributed by atoms with van der Waals surface area (Å²) < 4.78 is 25.7. The average Bonchev–Trinajstić information content (AvgIpc) is 3.01. The Morgan fingerprint density at radius 3 is 2.69 bits per heavy atom. The first-order valence-electron chi connectivity index (χ1n) is 4.98. The van der Waals surface area contributed by atoms with Crippen molar-refractivity contribution >= 4 is 32.6 Å². The van der Waals surface area contributed by atoms with Crippen molar-refractivity contribution in [3.8, 4) is 0 Å². The summed E-state index contributed by atoms with van der Waals surface area (Å²) in [5.74, 6) is 0. The Morgan fingerprint density at radius 1 is 1.31 bits per heavy atom. The third kappa shape index (κ3) is 1.35. The van der Waals surface area contributed by atoms with Crippen LogP contribution >= 0.6 is 11.6 Å². The monoisotopic (exact) mass is 256 g/mol. The van der Waals surface area contributed by atoms with Gasteiger partial charge in [-0.3, -0.25) is 0 Å². The standard InChI is InChI=1S/C10H9ClN2O2S/c11-10-12-8-3-1-2-4-9(8)16(14,15)13(10)7-5-6-7/h1-4,7H,5-6H2. The number of benzene rings is 1. The zero-order valence-electron chi connectivity index (χ0n) is 8.30. The fraction of sp³-hybridized carbons (Fsp3) is 0.300. The van der Waals surface area contributed by atoms with Crippen LogP contribution in [0.15, 0.2) is 34.2 Å². The molecule has 1 aliphatic heterocycles. The van der Waals surface area contributed by atoms with E-state index < -0.39 is 10.0 Å². The lowest BCUT2D eigenvalue weighted by molar-refractivity contribution is 0.517. The van der Waals surface area contributed by atoms with Crippen LogP contribution in [0, 0.1) is 0 Å². The molecule has 0 unspecified atom stereocenters. The van der Waals surface area contributed by atoms with Gasteiger partial charge in [0.25, 0.3) is 10.0 Å². The van der Waals surface area contributed by atoms with Gasteiger partial charge in [0.1, 0.15) is 4.90 Å². The molecule has 16 heavy (non-hydrogen) atoms. The molecular formula is C10H9ClN2O2S. The number of amidine groups is 1.